The Morgan fingerprint density at radius 2 is 1.10 bits per heavy atom. The number of para-hydroxylation sites is 2. The number of aromatic nitrogens is 3. The molecule has 0 atom stereocenters. The van der Waals surface area contributed by atoms with Crippen LogP contribution in [0.15, 0.2) is 110 Å². The number of hydrogen-bond donors (Lipinski definition) is 0. The molecule has 6 rings (SSSR count). The van der Waals surface area contributed by atoms with Gasteiger partial charge in [0.25, 0.3) is 0 Å². The highest BCUT2D eigenvalue weighted by Gasteiger charge is 2.17. The third-order valence-corrected chi connectivity index (χ3v) is 7.30. The average Bonchev–Trinajstić information content (AvgIpc) is 2.95. The maximum atomic E-state index is 4.65. The van der Waals surface area contributed by atoms with Crippen LogP contribution in [-0.4, -0.2) is 15.0 Å². The van der Waals surface area contributed by atoms with Gasteiger partial charge < -0.3 is 0 Å². The molecule has 0 aliphatic rings. The van der Waals surface area contributed by atoms with E-state index in [9.17, 15) is 0 Å². The first-order valence-corrected chi connectivity index (χ1v) is 14.8. The van der Waals surface area contributed by atoms with Gasteiger partial charge in [0.1, 0.15) is 0 Å². The molecule has 42 heavy (non-hydrogen) atoms. The molecule has 0 aliphatic carbocycles. The third-order valence-electron chi connectivity index (χ3n) is 7.30. The summed E-state index contributed by atoms with van der Waals surface area (Å²) in [5, 5.41) is 4.97. The van der Waals surface area contributed by atoms with E-state index >= 15 is 0 Å². The first kappa shape index (κ1) is 30.8. The van der Waals surface area contributed by atoms with Crippen molar-refractivity contribution in [3.63, 3.8) is 0 Å². The summed E-state index contributed by atoms with van der Waals surface area (Å²) < 4.78 is 0. The first-order valence-electron chi connectivity index (χ1n) is 14.8. The molecule has 0 saturated heterocycles. The van der Waals surface area contributed by atoms with Gasteiger partial charge in [-0.15, -0.1) is 0 Å². The van der Waals surface area contributed by atoms with Gasteiger partial charge in [-0.05, 0) is 51.6 Å². The molecule has 3 aromatic carbocycles. The molecule has 3 heteroatoms. The van der Waals surface area contributed by atoms with Gasteiger partial charge >= 0.3 is 0 Å². The maximum absolute atomic E-state index is 4.65. The molecular formula is C39H45N3. The maximum Gasteiger partial charge on any atom is 0.0739 e. The van der Waals surface area contributed by atoms with Crippen molar-refractivity contribution in [1.82, 2.24) is 15.0 Å². The van der Waals surface area contributed by atoms with Crippen LogP contribution in [0.1, 0.15) is 79.1 Å². The predicted octanol–water partition coefficient (Wildman–Crippen LogP) is 10.6. The first-order chi connectivity index (χ1) is 19.7. The van der Waals surface area contributed by atoms with Gasteiger partial charge in [0.2, 0.25) is 0 Å². The van der Waals surface area contributed by atoms with Crippen molar-refractivity contribution in [1.29, 1.82) is 0 Å². The summed E-state index contributed by atoms with van der Waals surface area (Å²) in [5.74, 6) is 0. The summed E-state index contributed by atoms with van der Waals surface area (Å²) in [5.41, 5.74) is 6.51. The van der Waals surface area contributed by atoms with Crippen molar-refractivity contribution in [2.24, 2.45) is 0 Å². The Morgan fingerprint density at radius 3 is 1.79 bits per heavy atom. The number of nitrogens with zero attached hydrogens (tertiary/aromatic N) is 3. The van der Waals surface area contributed by atoms with Crippen LogP contribution in [0.2, 0.25) is 0 Å². The lowest BCUT2D eigenvalue weighted by Gasteiger charge is -2.20. The van der Waals surface area contributed by atoms with E-state index in [1.807, 2.05) is 36.8 Å². The van der Waals surface area contributed by atoms with Crippen LogP contribution in [0, 0.1) is 0 Å². The fraction of sp³-hybridized carbons (Fsp3) is 0.308. The lowest BCUT2D eigenvalue weighted by atomic mass is 9.84. The van der Waals surface area contributed by atoms with Crippen LogP contribution in [0.25, 0.3) is 32.6 Å². The van der Waals surface area contributed by atoms with Crippen LogP contribution >= 0.6 is 0 Å². The van der Waals surface area contributed by atoms with Crippen LogP contribution < -0.4 is 0 Å². The summed E-state index contributed by atoms with van der Waals surface area (Å²) in [4.78, 5) is 13.3. The van der Waals surface area contributed by atoms with Gasteiger partial charge in [0, 0.05) is 45.9 Å². The fourth-order valence-electron chi connectivity index (χ4n) is 4.96. The molecule has 0 amide bonds. The van der Waals surface area contributed by atoms with E-state index in [0.29, 0.717) is 0 Å². The van der Waals surface area contributed by atoms with E-state index in [1.165, 1.54) is 32.7 Å². The van der Waals surface area contributed by atoms with E-state index in [1.54, 1.807) is 0 Å². The second-order valence-electron chi connectivity index (χ2n) is 13.9. The Morgan fingerprint density at radius 1 is 0.476 bits per heavy atom. The second-order valence-corrected chi connectivity index (χ2v) is 13.9. The molecule has 0 fully saturated rings. The normalized spacial score (nSPS) is 11.9. The van der Waals surface area contributed by atoms with Crippen LogP contribution in [0.5, 0.6) is 0 Å². The van der Waals surface area contributed by atoms with Crippen molar-refractivity contribution in [3.8, 4) is 0 Å². The molecule has 0 saturated carbocycles. The smallest absolute Gasteiger partial charge is 0.0739 e. The molecule has 216 valence electrons. The molecule has 0 unspecified atom stereocenters. The zero-order valence-electron chi connectivity index (χ0n) is 26.7. The summed E-state index contributed by atoms with van der Waals surface area (Å²) >= 11 is 0. The average molecular weight is 556 g/mol. The van der Waals surface area contributed by atoms with Crippen molar-refractivity contribution in [3.05, 3.63) is 126 Å². The molecule has 0 bridgehead atoms. The Kier molecular flexibility index (Phi) is 9.11. The highest BCUT2D eigenvalue weighted by molar-refractivity contribution is 5.85. The van der Waals surface area contributed by atoms with Gasteiger partial charge in [-0.3, -0.25) is 15.0 Å². The zero-order chi connectivity index (χ0) is 30.5. The van der Waals surface area contributed by atoms with E-state index < -0.39 is 0 Å². The lowest BCUT2D eigenvalue weighted by Crippen LogP contribution is -2.13. The Bertz CT molecular complexity index is 1670. The van der Waals surface area contributed by atoms with Gasteiger partial charge in [0.05, 0.1) is 11.0 Å². The molecule has 0 radical (unpaired) electrons. The molecule has 3 nitrogen and oxygen atoms in total. The Hall–Kier alpha value is -4.11. The van der Waals surface area contributed by atoms with E-state index in [0.717, 1.165) is 16.7 Å². The molecule has 6 aromatic rings. The van der Waals surface area contributed by atoms with Crippen LogP contribution in [-0.2, 0) is 16.2 Å². The van der Waals surface area contributed by atoms with Crippen molar-refractivity contribution in [2.45, 2.75) is 78.6 Å². The van der Waals surface area contributed by atoms with Crippen LogP contribution in [0.4, 0.5) is 0 Å². The van der Waals surface area contributed by atoms with Crippen molar-refractivity contribution in [2.75, 3.05) is 0 Å². The summed E-state index contributed by atoms with van der Waals surface area (Å²) in [6.07, 6.45) is 5.66. The van der Waals surface area contributed by atoms with Gasteiger partial charge in [-0.1, -0.05) is 129 Å². The number of benzene rings is 3. The van der Waals surface area contributed by atoms with E-state index in [-0.39, 0.29) is 16.2 Å². The zero-order valence-corrected chi connectivity index (χ0v) is 26.7. The molecule has 3 heterocycles. The molecule has 0 N–H and O–H groups in total. The number of fused-ring (bicyclic) bond motifs is 3. The molecule has 3 aromatic heterocycles. The number of hydrogen-bond acceptors (Lipinski definition) is 3. The van der Waals surface area contributed by atoms with Crippen LogP contribution in [0.3, 0.4) is 0 Å². The third kappa shape index (κ3) is 7.59. The summed E-state index contributed by atoms with van der Waals surface area (Å²) in [7, 11) is 0. The number of pyridine rings is 3. The van der Waals surface area contributed by atoms with E-state index in [4.69, 9.17) is 0 Å². The fourth-order valence-corrected chi connectivity index (χ4v) is 4.96. The van der Waals surface area contributed by atoms with E-state index in [2.05, 4.69) is 150 Å². The minimum absolute atomic E-state index is 0.129. The van der Waals surface area contributed by atoms with Gasteiger partial charge in [0.15, 0.2) is 0 Å². The number of rotatable bonds is 0. The second kappa shape index (κ2) is 12.4. The minimum atomic E-state index is 0.129. The van der Waals surface area contributed by atoms with Gasteiger partial charge in [-0.25, -0.2) is 0 Å². The molecular weight excluding hydrogens is 510 g/mol. The largest absolute Gasteiger partial charge is 0.264 e. The summed E-state index contributed by atoms with van der Waals surface area (Å²) in [6, 6.07) is 31.4. The van der Waals surface area contributed by atoms with Crippen molar-refractivity contribution < 1.29 is 0 Å². The van der Waals surface area contributed by atoms with Crippen molar-refractivity contribution >= 4 is 32.6 Å². The highest BCUT2D eigenvalue weighted by atomic mass is 14.7. The topological polar surface area (TPSA) is 38.7 Å². The molecule has 0 aliphatic heterocycles. The standard InChI is InChI=1S/3C13H15N/c1-13(2,3)11-8-4-6-10-7-5-9-14-12(10)11;1-13(2,3)12-6-4-5-10-7-8-14-9-11(10)12;1-13(2,3)12-9-8-10-6-4-5-7-11(10)14-12/h3*4-9H,1-3H3. The minimum Gasteiger partial charge on any atom is -0.264 e. The summed E-state index contributed by atoms with van der Waals surface area (Å²) in [6.45, 7) is 19.9. The highest BCUT2D eigenvalue weighted by Crippen LogP contribution is 2.29. The van der Waals surface area contributed by atoms with Gasteiger partial charge in [-0.2, -0.15) is 0 Å². The Balaban J connectivity index is 0.000000145. The monoisotopic (exact) mass is 555 g/mol. The molecule has 0 spiro atoms. The lowest BCUT2D eigenvalue weighted by molar-refractivity contribution is 0.571. The predicted molar refractivity (Wildman–Crippen MR) is 181 cm³/mol. The Labute approximate surface area is 252 Å². The SMILES string of the molecule is CC(C)(C)c1ccc2ccccc2n1.CC(C)(C)c1cccc2cccnc12.CC(C)(C)c1cccc2ccncc12. The quantitative estimate of drug-likeness (QED) is 0.187.